The summed E-state index contributed by atoms with van der Waals surface area (Å²) in [6.45, 7) is 3.98. The van der Waals surface area contributed by atoms with E-state index < -0.39 is 5.97 Å². The fourth-order valence-corrected chi connectivity index (χ4v) is 3.76. The normalized spacial score (nSPS) is 15.3. The maximum Gasteiger partial charge on any atom is 0.338 e. The third kappa shape index (κ3) is 2.92. The van der Waals surface area contributed by atoms with E-state index in [4.69, 9.17) is 4.98 Å². The van der Waals surface area contributed by atoms with Gasteiger partial charge in [-0.3, -0.25) is 0 Å². The summed E-state index contributed by atoms with van der Waals surface area (Å²) in [5, 5.41) is 10.8. The highest BCUT2D eigenvalue weighted by atomic mass is 16.4. The third-order valence-corrected chi connectivity index (χ3v) is 5.23. The van der Waals surface area contributed by atoms with Crippen molar-refractivity contribution < 1.29 is 9.90 Å². The first-order valence-electron chi connectivity index (χ1n) is 9.11. The number of fused-ring (bicyclic) bond motifs is 1. The van der Waals surface area contributed by atoms with Crippen molar-refractivity contribution in [2.24, 2.45) is 5.92 Å². The molecule has 0 amide bonds. The summed E-state index contributed by atoms with van der Waals surface area (Å²) in [5.74, 6) is -0.220. The molecule has 2 heterocycles. The first-order valence-corrected chi connectivity index (χ1v) is 9.11. The van der Waals surface area contributed by atoms with Crippen LogP contribution in [0.4, 0.5) is 5.69 Å². The van der Waals surface area contributed by atoms with Crippen LogP contribution in [-0.4, -0.2) is 29.1 Å². The van der Waals surface area contributed by atoms with Crippen molar-refractivity contribution in [3.8, 4) is 11.3 Å². The zero-order valence-electron chi connectivity index (χ0n) is 14.9. The summed E-state index contributed by atoms with van der Waals surface area (Å²) in [7, 11) is 0. The van der Waals surface area contributed by atoms with Crippen LogP contribution in [0.25, 0.3) is 22.2 Å². The maximum absolute atomic E-state index is 12.3. The van der Waals surface area contributed by atoms with Crippen LogP contribution in [-0.2, 0) is 0 Å². The predicted octanol–water partition coefficient (Wildman–Crippen LogP) is 4.84. The maximum atomic E-state index is 12.3. The van der Waals surface area contributed by atoms with Gasteiger partial charge in [-0.05, 0) is 24.8 Å². The molecule has 2 aromatic carbocycles. The number of aromatic carboxylic acids is 1. The predicted molar refractivity (Wildman–Crippen MR) is 105 cm³/mol. The summed E-state index contributed by atoms with van der Waals surface area (Å²) in [4.78, 5) is 19.4. The lowest BCUT2D eigenvalue weighted by Crippen LogP contribution is -2.34. The molecular weight excluding hydrogens is 324 g/mol. The van der Waals surface area contributed by atoms with E-state index in [2.05, 4.69) is 11.8 Å². The minimum atomic E-state index is -0.894. The lowest BCUT2D eigenvalue weighted by molar-refractivity contribution is 0.0699. The second kappa shape index (κ2) is 6.79. The number of rotatable bonds is 3. The molecule has 1 aromatic heterocycles. The summed E-state index contributed by atoms with van der Waals surface area (Å²) in [6, 6.07) is 17.4. The Labute approximate surface area is 153 Å². The van der Waals surface area contributed by atoms with Crippen molar-refractivity contribution in [2.45, 2.75) is 19.8 Å². The average Bonchev–Trinajstić information content (AvgIpc) is 2.67. The number of piperidine rings is 1. The Balaban J connectivity index is 2.01. The van der Waals surface area contributed by atoms with Gasteiger partial charge in [-0.25, -0.2) is 9.78 Å². The SMILES string of the molecule is CC1CCN(c2c(-c3ccccc3)nc3ccccc3c2C(=O)O)CC1. The molecule has 4 nitrogen and oxygen atoms in total. The second-order valence-electron chi connectivity index (χ2n) is 7.04. The summed E-state index contributed by atoms with van der Waals surface area (Å²) >= 11 is 0. The first-order chi connectivity index (χ1) is 12.6. The molecule has 0 radical (unpaired) electrons. The Hall–Kier alpha value is -2.88. The lowest BCUT2D eigenvalue weighted by atomic mass is 9.95. The van der Waals surface area contributed by atoms with Crippen LogP contribution in [0, 0.1) is 5.92 Å². The molecule has 1 aliphatic rings. The molecule has 1 aliphatic heterocycles. The number of para-hydroxylation sites is 1. The van der Waals surface area contributed by atoms with Gasteiger partial charge < -0.3 is 10.0 Å². The molecule has 0 bridgehead atoms. The van der Waals surface area contributed by atoms with Gasteiger partial charge in [-0.2, -0.15) is 0 Å². The summed E-state index contributed by atoms with van der Waals surface area (Å²) < 4.78 is 0. The van der Waals surface area contributed by atoms with E-state index >= 15 is 0 Å². The Morgan fingerprint density at radius 2 is 1.69 bits per heavy atom. The number of anilines is 1. The fourth-order valence-electron chi connectivity index (χ4n) is 3.76. The van der Waals surface area contributed by atoms with Crippen LogP contribution in [0.5, 0.6) is 0 Å². The first kappa shape index (κ1) is 16.6. The lowest BCUT2D eigenvalue weighted by Gasteiger charge is -2.34. The number of hydrogen-bond donors (Lipinski definition) is 1. The van der Waals surface area contributed by atoms with Gasteiger partial charge in [0.15, 0.2) is 0 Å². The van der Waals surface area contributed by atoms with E-state index in [1.165, 1.54) is 0 Å². The van der Waals surface area contributed by atoms with Gasteiger partial charge in [-0.15, -0.1) is 0 Å². The number of aromatic nitrogens is 1. The largest absolute Gasteiger partial charge is 0.478 e. The minimum Gasteiger partial charge on any atom is -0.478 e. The molecule has 26 heavy (non-hydrogen) atoms. The zero-order chi connectivity index (χ0) is 18.1. The third-order valence-electron chi connectivity index (χ3n) is 5.23. The van der Waals surface area contributed by atoms with Crippen molar-refractivity contribution in [1.82, 2.24) is 4.98 Å². The van der Waals surface area contributed by atoms with Crippen LogP contribution in [0.1, 0.15) is 30.1 Å². The molecule has 0 saturated carbocycles. The smallest absolute Gasteiger partial charge is 0.338 e. The molecule has 1 fully saturated rings. The average molecular weight is 346 g/mol. The fraction of sp³-hybridized carbons (Fsp3) is 0.273. The topological polar surface area (TPSA) is 53.4 Å². The molecule has 4 heteroatoms. The minimum absolute atomic E-state index is 0.365. The van der Waals surface area contributed by atoms with E-state index in [0.29, 0.717) is 16.9 Å². The molecule has 0 atom stereocenters. The van der Waals surface area contributed by atoms with Crippen LogP contribution >= 0.6 is 0 Å². The Morgan fingerprint density at radius 1 is 1.04 bits per heavy atom. The number of pyridine rings is 1. The molecule has 4 rings (SSSR count). The zero-order valence-corrected chi connectivity index (χ0v) is 14.9. The van der Waals surface area contributed by atoms with Crippen LogP contribution in [0.15, 0.2) is 54.6 Å². The van der Waals surface area contributed by atoms with Crippen molar-refractivity contribution in [3.05, 3.63) is 60.2 Å². The van der Waals surface area contributed by atoms with Gasteiger partial charge in [0.25, 0.3) is 0 Å². The second-order valence-corrected chi connectivity index (χ2v) is 7.04. The quantitative estimate of drug-likeness (QED) is 0.737. The number of carboxylic acids is 1. The Kier molecular flexibility index (Phi) is 4.33. The van der Waals surface area contributed by atoms with E-state index in [0.717, 1.165) is 48.4 Å². The monoisotopic (exact) mass is 346 g/mol. The van der Waals surface area contributed by atoms with Crippen molar-refractivity contribution in [3.63, 3.8) is 0 Å². The highest BCUT2D eigenvalue weighted by molar-refractivity contribution is 6.10. The van der Waals surface area contributed by atoms with E-state index in [-0.39, 0.29) is 0 Å². The number of carbonyl (C=O) groups is 1. The number of hydrogen-bond acceptors (Lipinski definition) is 3. The van der Waals surface area contributed by atoms with Gasteiger partial charge in [-0.1, -0.05) is 55.5 Å². The Bertz CT molecular complexity index is 945. The molecule has 3 aromatic rings. The molecular formula is C22H22N2O2. The van der Waals surface area contributed by atoms with Gasteiger partial charge in [0.2, 0.25) is 0 Å². The van der Waals surface area contributed by atoms with Crippen molar-refractivity contribution in [2.75, 3.05) is 18.0 Å². The standard InChI is InChI=1S/C22H22N2O2/c1-15-11-13-24(14-12-15)21-19(22(25)26)17-9-5-6-10-18(17)23-20(21)16-7-3-2-4-8-16/h2-10,15H,11-14H2,1H3,(H,25,26). The summed E-state index contributed by atoms with van der Waals surface area (Å²) in [6.07, 6.45) is 2.14. The molecule has 0 unspecified atom stereocenters. The van der Waals surface area contributed by atoms with Crippen LogP contribution in [0.3, 0.4) is 0 Å². The van der Waals surface area contributed by atoms with E-state index in [9.17, 15) is 9.90 Å². The van der Waals surface area contributed by atoms with Gasteiger partial charge >= 0.3 is 5.97 Å². The Morgan fingerprint density at radius 3 is 2.38 bits per heavy atom. The van der Waals surface area contributed by atoms with Crippen molar-refractivity contribution >= 4 is 22.6 Å². The molecule has 0 spiro atoms. The molecule has 1 saturated heterocycles. The molecule has 132 valence electrons. The molecule has 1 N–H and O–H groups in total. The van der Waals surface area contributed by atoms with Gasteiger partial charge in [0.1, 0.15) is 0 Å². The summed E-state index contributed by atoms with van der Waals surface area (Å²) in [5.41, 5.74) is 3.56. The highest BCUT2D eigenvalue weighted by Gasteiger charge is 2.27. The highest BCUT2D eigenvalue weighted by Crippen LogP contribution is 2.38. The number of carboxylic acid groups (broad SMARTS) is 1. The number of benzene rings is 2. The van der Waals surface area contributed by atoms with Crippen LogP contribution in [0.2, 0.25) is 0 Å². The van der Waals surface area contributed by atoms with Gasteiger partial charge in [0, 0.05) is 24.0 Å². The van der Waals surface area contributed by atoms with Crippen molar-refractivity contribution in [1.29, 1.82) is 0 Å². The molecule has 0 aliphatic carbocycles. The van der Waals surface area contributed by atoms with E-state index in [1.54, 1.807) is 0 Å². The van der Waals surface area contributed by atoms with E-state index in [1.807, 2.05) is 54.6 Å². The number of nitrogens with zero attached hydrogens (tertiary/aromatic N) is 2. The van der Waals surface area contributed by atoms with Gasteiger partial charge in [0.05, 0.1) is 22.5 Å². The van der Waals surface area contributed by atoms with Crippen LogP contribution < -0.4 is 4.90 Å².